The van der Waals surface area contributed by atoms with Crippen LogP contribution >= 0.6 is 11.6 Å². The molecular formula is C25H29ClN2O6S. The summed E-state index contributed by atoms with van der Waals surface area (Å²) in [5.74, 6) is 0.276. The first-order chi connectivity index (χ1) is 16.7. The van der Waals surface area contributed by atoms with Crippen molar-refractivity contribution in [1.82, 2.24) is 10.2 Å². The van der Waals surface area contributed by atoms with Crippen molar-refractivity contribution in [2.45, 2.75) is 24.2 Å². The highest BCUT2D eigenvalue weighted by molar-refractivity contribution is 7.94. The van der Waals surface area contributed by atoms with Crippen LogP contribution in [-0.2, 0) is 14.6 Å². The maximum absolute atomic E-state index is 13.0. The highest BCUT2D eigenvalue weighted by Gasteiger charge is 2.30. The van der Waals surface area contributed by atoms with Crippen molar-refractivity contribution in [3.63, 3.8) is 0 Å². The Morgan fingerprint density at radius 3 is 2.57 bits per heavy atom. The van der Waals surface area contributed by atoms with E-state index in [9.17, 15) is 18.0 Å². The monoisotopic (exact) mass is 520 g/mol. The average Bonchev–Trinajstić information content (AvgIpc) is 2.88. The number of sulfone groups is 1. The van der Waals surface area contributed by atoms with Gasteiger partial charge < -0.3 is 19.7 Å². The van der Waals surface area contributed by atoms with E-state index in [1.165, 1.54) is 32.4 Å². The van der Waals surface area contributed by atoms with Crippen LogP contribution < -0.4 is 14.8 Å². The van der Waals surface area contributed by atoms with Crippen LogP contribution in [0.1, 0.15) is 29.6 Å². The number of rotatable bonds is 9. The van der Waals surface area contributed by atoms with Crippen LogP contribution in [0.3, 0.4) is 0 Å². The van der Waals surface area contributed by atoms with Crippen molar-refractivity contribution >= 4 is 33.3 Å². The molecule has 35 heavy (non-hydrogen) atoms. The van der Waals surface area contributed by atoms with E-state index >= 15 is 0 Å². The first-order valence-corrected chi connectivity index (χ1v) is 13.1. The first-order valence-electron chi connectivity index (χ1n) is 11.2. The molecule has 0 unspecified atom stereocenters. The summed E-state index contributed by atoms with van der Waals surface area (Å²) >= 11 is 6.06. The molecule has 1 aliphatic heterocycles. The van der Waals surface area contributed by atoms with E-state index in [0.717, 1.165) is 5.41 Å². The fourth-order valence-corrected chi connectivity index (χ4v) is 5.09. The first kappa shape index (κ1) is 26.6. The highest BCUT2D eigenvalue weighted by Crippen LogP contribution is 2.26. The number of piperidine rings is 1. The molecule has 0 aromatic heterocycles. The lowest BCUT2D eigenvalue weighted by atomic mass is 9.96. The zero-order valence-electron chi connectivity index (χ0n) is 19.7. The predicted octanol–water partition coefficient (Wildman–Crippen LogP) is 3.70. The van der Waals surface area contributed by atoms with E-state index in [1.54, 1.807) is 35.2 Å². The molecule has 1 N–H and O–H groups in total. The summed E-state index contributed by atoms with van der Waals surface area (Å²) in [6.45, 7) is 1.13. The standard InChI is InChI=1S/C25H29ClN2O6S/c1-33-20-8-10-21(11-9-20)35(31,32)15-4-3-13-27-24(29)18-6-5-14-28(17-18)25(30)22-16-19(26)7-12-23(22)34-2/h4,7-12,15-16,18H,3,5-6,13-14,17H2,1-2H3,(H,27,29)/b15-4+/t18-/m0/s1. The predicted molar refractivity (Wildman–Crippen MR) is 134 cm³/mol. The molecule has 1 fully saturated rings. The van der Waals surface area contributed by atoms with Gasteiger partial charge >= 0.3 is 0 Å². The van der Waals surface area contributed by atoms with E-state index in [0.29, 0.717) is 61.0 Å². The number of nitrogens with one attached hydrogen (secondary N) is 1. The van der Waals surface area contributed by atoms with Gasteiger partial charge in [0, 0.05) is 30.1 Å². The zero-order chi connectivity index (χ0) is 25.4. The molecule has 2 aromatic carbocycles. The molecule has 1 heterocycles. The van der Waals surface area contributed by atoms with Gasteiger partial charge in [-0.25, -0.2) is 8.42 Å². The van der Waals surface area contributed by atoms with Crippen molar-refractivity contribution in [3.05, 3.63) is 64.5 Å². The third kappa shape index (κ3) is 6.99. The molecule has 1 saturated heterocycles. The number of hydrogen-bond donors (Lipinski definition) is 1. The van der Waals surface area contributed by atoms with Crippen molar-refractivity contribution < 1.29 is 27.5 Å². The second kappa shape index (κ2) is 12.1. The molecular weight excluding hydrogens is 492 g/mol. The largest absolute Gasteiger partial charge is 0.497 e. The number of halogens is 1. The van der Waals surface area contributed by atoms with Gasteiger partial charge in [0.1, 0.15) is 11.5 Å². The normalized spacial score (nSPS) is 16.2. The molecule has 8 nitrogen and oxygen atoms in total. The summed E-state index contributed by atoms with van der Waals surface area (Å²) < 4.78 is 35.1. The Hall–Kier alpha value is -3.04. The Morgan fingerprint density at radius 2 is 1.89 bits per heavy atom. The summed E-state index contributed by atoms with van der Waals surface area (Å²) in [5, 5.41) is 4.41. The van der Waals surface area contributed by atoms with Gasteiger partial charge in [0.05, 0.1) is 30.6 Å². The fourth-order valence-electron chi connectivity index (χ4n) is 3.86. The summed E-state index contributed by atoms with van der Waals surface area (Å²) in [6, 6.07) is 11.0. The molecule has 1 atom stereocenters. The molecule has 10 heteroatoms. The Labute approximate surface area is 210 Å². The molecule has 0 radical (unpaired) electrons. The number of nitrogens with zero attached hydrogens (tertiary/aromatic N) is 1. The van der Waals surface area contributed by atoms with Gasteiger partial charge in [0.15, 0.2) is 9.84 Å². The average molecular weight is 521 g/mol. The van der Waals surface area contributed by atoms with Gasteiger partial charge in [-0.15, -0.1) is 0 Å². The molecule has 0 bridgehead atoms. The fraction of sp³-hybridized carbons (Fsp3) is 0.360. The molecule has 3 rings (SSSR count). The number of carbonyl (C=O) groups excluding carboxylic acids is 2. The molecule has 0 saturated carbocycles. The van der Waals surface area contributed by atoms with Crippen molar-refractivity contribution in [2.24, 2.45) is 5.92 Å². The van der Waals surface area contributed by atoms with Gasteiger partial charge in [-0.1, -0.05) is 17.7 Å². The van der Waals surface area contributed by atoms with Gasteiger partial charge in [0.2, 0.25) is 5.91 Å². The van der Waals surface area contributed by atoms with Crippen LogP contribution in [0.4, 0.5) is 0 Å². The molecule has 1 aliphatic rings. The maximum atomic E-state index is 13.0. The third-order valence-electron chi connectivity index (χ3n) is 5.74. The van der Waals surface area contributed by atoms with Crippen LogP contribution in [-0.4, -0.2) is 59.0 Å². The third-order valence-corrected chi connectivity index (χ3v) is 7.46. The highest BCUT2D eigenvalue weighted by atomic mass is 35.5. The Kier molecular flexibility index (Phi) is 9.17. The molecule has 2 aromatic rings. The van der Waals surface area contributed by atoms with Crippen LogP contribution in [0, 0.1) is 5.92 Å². The molecule has 188 valence electrons. The number of carbonyl (C=O) groups is 2. The van der Waals surface area contributed by atoms with Gasteiger partial charge in [-0.3, -0.25) is 9.59 Å². The number of benzene rings is 2. The van der Waals surface area contributed by atoms with Gasteiger partial charge in [-0.05, 0) is 61.7 Å². The lowest BCUT2D eigenvalue weighted by Gasteiger charge is -2.32. The number of hydrogen-bond acceptors (Lipinski definition) is 6. The van der Waals surface area contributed by atoms with Crippen molar-refractivity contribution in [1.29, 1.82) is 0 Å². The second-order valence-electron chi connectivity index (χ2n) is 8.11. The van der Waals surface area contributed by atoms with E-state index in [2.05, 4.69) is 5.32 Å². The van der Waals surface area contributed by atoms with Crippen molar-refractivity contribution in [2.75, 3.05) is 33.9 Å². The topological polar surface area (TPSA) is 102 Å². The van der Waals surface area contributed by atoms with Gasteiger partial charge in [-0.2, -0.15) is 0 Å². The number of amides is 2. The van der Waals surface area contributed by atoms with Gasteiger partial charge in [0.25, 0.3) is 5.91 Å². The van der Waals surface area contributed by atoms with E-state index in [1.807, 2.05) is 0 Å². The van der Waals surface area contributed by atoms with Crippen molar-refractivity contribution in [3.8, 4) is 11.5 Å². The van der Waals surface area contributed by atoms with E-state index in [4.69, 9.17) is 21.1 Å². The van der Waals surface area contributed by atoms with Crippen LogP contribution in [0.25, 0.3) is 0 Å². The lowest BCUT2D eigenvalue weighted by Crippen LogP contribution is -2.45. The SMILES string of the molecule is COc1ccc(S(=O)(=O)/C=C/CCNC(=O)[C@H]2CCCN(C(=O)c3cc(Cl)ccc3OC)C2)cc1. The van der Waals surface area contributed by atoms with Crippen LogP contribution in [0.5, 0.6) is 11.5 Å². The molecule has 0 aliphatic carbocycles. The number of ether oxygens (including phenoxy) is 2. The minimum atomic E-state index is -3.57. The summed E-state index contributed by atoms with van der Waals surface area (Å²) in [6.07, 6.45) is 3.24. The Bertz CT molecular complexity index is 1180. The van der Waals surface area contributed by atoms with E-state index in [-0.39, 0.29) is 22.6 Å². The summed E-state index contributed by atoms with van der Waals surface area (Å²) in [5.41, 5.74) is 0.365. The smallest absolute Gasteiger partial charge is 0.257 e. The van der Waals surface area contributed by atoms with E-state index < -0.39 is 9.84 Å². The van der Waals surface area contributed by atoms with Crippen LogP contribution in [0.2, 0.25) is 5.02 Å². The maximum Gasteiger partial charge on any atom is 0.257 e. The number of methoxy groups -OCH3 is 2. The summed E-state index contributed by atoms with van der Waals surface area (Å²) in [4.78, 5) is 27.5. The molecule has 2 amide bonds. The quantitative estimate of drug-likeness (QED) is 0.506. The zero-order valence-corrected chi connectivity index (χ0v) is 21.3. The molecule has 0 spiro atoms. The Morgan fingerprint density at radius 1 is 1.14 bits per heavy atom. The van der Waals surface area contributed by atoms with Crippen LogP contribution in [0.15, 0.2) is 58.8 Å². The summed E-state index contributed by atoms with van der Waals surface area (Å²) in [7, 11) is -0.571. The lowest BCUT2D eigenvalue weighted by molar-refractivity contribution is -0.126. The minimum absolute atomic E-state index is 0.160. The Balaban J connectivity index is 1.51. The minimum Gasteiger partial charge on any atom is -0.497 e. The second-order valence-corrected chi connectivity index (χ2v) is 10.4. The number of likely N-dealkylation sites (tertiary alicyclic amines) is 1.